The SMILES string of the molecule is Cc1ccccc1-n1nnnc1S[C@H](C)C(=O)Nc1ccccc1. The van der Waals surface area contributed by atoms with E-state index in [0.717, 1.165) is 16.9 Å². The molecule has 1 N–H and O–H groups in total. The van der Waals surface area contributed by atoms with Crippen LogP contribution in [-0.4, -0.2) is 31.4 Å². The van der Waals surface area contributed by atoms with Crippen molar-refractivity contribution in [3.05, 3.63) is 60.2 Å². The summed E-state index contributed by atoms with van der Waals surface area (Å²) in [7, 11) is 0. The number of thioether (sulfide) groups is 1. The molecule has 6 nitrogen and oxygen atoms in total. The maximum absolute atomic E-state index is 12.3. The van der Waals surface area contributed by atoms with Crippen LogP contribution < -0.4 is 5.32 Å². The van der Waals surface area contributed by atoms with Crippen molar-refractivity contribution in [2.45, 2.75) is 24.3 Å². The Labute approximate surface area is 144 Å². The average Bonchev–Trinajstić information content (AvgIpc) is 3.04. The van der Waals surface area contributed by atoms with E-state index in [9.17, 15) is 4.79 Å². The first-order valence-electron chi connectivity index (χ1n) is 7.52. The molecular formula is C17H17N5OS. The molecule has 7 heteroatoms. The summed E-state index contributed by atoms with van der Waals surface area (Å²) in [5.41, 5.74) is 2.74. The minimum absolute atomic E-state index is 0.0921. The molecule has 0 radical (unpaired) electrons. The standard InChI is InChI=1S/C17H17N5OS/c1-12-8-6-7-11-15(12)22-17(19-20-21-22)24-13(2)16(23)18-14-9-4-3-5-10-14/h3-11,13H,1-2H3,(H,18,23)/t13-/m1/s1. The largest absolute Gasteiger partial charge is 0.325 e. The Kier molecular flexibility index (Phi) is 4.90. The van der Waals surface area contributed by atoms with Gasteiger partial charge in [0.1, 0.15) is 0 Å². The molecule has 0 unspecified atom stereocenters. The fraction of sp³-hybridized carbons (Fsp3) is 0.176. The summed E-state index contributed by atoms with van der Waals surface area (Å²) in [4.78, 5) is 12.3. The minimum atomic E-state index is -0.334. The molecule has 1 heterocycles. The molecule has 3 rings (SSSR count). The first kappa shape index (κ1) is 16.2. The third kappa shape index (κ3) is 3.62. The van der Waals surface area contributed by atoms with E-state index in [-0.39, 0.29) is 11.2 Å². The van der Waals surface area contributed by atoms with Crippen LogP contribution in [0.25, 0.3) is 5.69 Å². The van der Waals surface area contributed by atoms with Crippen molar-refractivity contribution in [2.24, 2.45) is 0 Å². The maximum atomic E-state index is 12.3. The number of tetrazole rings is 1. The normalized spacial score (nSPS) is 11.9. The predicted molar refractivity (Wildman–Crippen MR) is 94.3 cm³/mol. The molecule has 0 saturated heterocycles. The third-order valence-corrected chi connectivity index (χ3v) is 4.51. The monoisotopic (exact) mass is 339 g/mol. The molecule has 1 aromatic heterocycles. The lowest BCUT2D eigenvalue weighted by Crippen LogP contribution is -2.22. The van der Waals surface area contributed by atoms with Gasteiger partial charge in [-0.3, -0.25) is 4.79 Å². The number of carbonyl (C=O) groups is 1. The quantitative estimate of drug-likeness (QED) is 0.723. The highest BCUT2D eigenvalue weighted by Crippen LogP contribution is 2.25. The van der Waals surface area contributed by atoms with E-state index in [1.165, 1.54) is 11.8 Å². The van der Waals surface area contributed by atoms with Gasteiger partial charge in [-0.05, 0) is 48.0 Å². The van der Waals surface area contributed by atoms with Crippen molar-refractivity contribution in [1.82, 2.24) is 20.2 Å². The molecule has 3 aromatic rings. The Hall–Kier alpha value is -2.67. The molecule has 0 spiro atoms. The molecule has 1 atom stereocenters. The van der Waals surface area contributed by atoms with E-state index in [2.05, 4.69) is 20.8 Å². The van der Waals surface area contributed by atoms with Crippen LogP contribution >= 0.6 is 11.8 Å². The van der Waals surface area contributed by atoms with Crippen molar-refractivity contribution in [2.75, 3.05) is 5.32 Å². The van der Waals surface area contributed by atoms with Gasteiger partial charge >= 0.3 is 0 Å². The smallest absolute Gasteiger partial charge is 0.237 e. The highest BCUT2D eigenvalue weighted by molar-refractivity contribution is 8.00. The number of nitrogens with one attached hydrogen (secondary N) is 1. The Balaban J connectivity index is 1.74. The maximum Gasteiger partial charge on any atom is 0.237 e. The van der Waals surface area contributed by atoms with Gasteiger partial charge in [-0.1, -0.05) is 48.2 Å². The highest BCUT2D eigenvalue weighted by atomic mass is 32.2. The van der Waals surface area contributed by atoms with Crippen LogP contribution in [0.3, 0.4) is 0 Å². The molecule has 122 valence electrons. The average molecular weight is 339 g/mol. The van der Waals surface area contributed by atoms with Gasteiger partial charge in [-0.15, -0.1) is 5.10 Å². The first-order chi connectivity index (χ1) is 11.6. The zero-order chi connectivity index (χ0) is 16.9. The van der Waals surface area contributed by atoms with E-state index < -0.39 is 0 Å². The van der Waals surface area contributed by atoms with E-state index in [1.807, 2.05) is 68.4 Å². The summed E-state index contributed by atoms with van der Waals surface area (Å²) in [6, 6.07) is 17.2. The highest BCUT2D eigenvalue weighted by Gasteiger charge is 2.19. The zero-order valence-corrected chi connectivity index (χ0v) is 14.2. The van der Waals surface area contributed by atoms with Crippen LogP contribution in [0.2, 0.25) is 0 Å². The summed E-state index contributed by atoms with van der Waals surface area (Å²) >= 11 is 1.32. The number of nitrogens with zero attached hydrogens (tertiary/aromatic N) is 4. The van der Waals surface area contributed by atoms with Crippen molar-refractivity contribution in [1.29, 1.82) is 0 Å². The fourth-order valence-electron chi connectivity index (χ4n) is 2.18. The summed E-state index contributed by atoms with van der Waals surface area (Å²) < 4.78 is 1.66. The topological polar surface area (TPSA) is 72.7 Å². The van der Waals surface area contributed by atoms with Gasteiger partial charge in [0.15, 0.2) is 0 Å². The number of carbonyl (C=O) groups excluding carboxylic acids is 1. The van der Waals surface area contributed by atoms with Crippen LogP contribution in [0, 0.1) is 6.92 Å². The second kappa shape index (κ2) is 7.27. The van der Waals surface area contributed by atoms with Crippen LogP contribution in [0.15, 0.2) is 59.8 Å². The zero-order valence-electron chi connectivity index (χ0n) is 13.4. The van der Waals surface area contributed by atoms with E-state index in [1.54, 1.807) is 4.68 Å². The number of hydrogen-bond acceptors (Lipinski definition) is 5. The second-order valence-electron chi connectivity index (χ2n) is 5.28. The predicted octanol–water partition coefficient (Wildman–Crippen LogP) is 3.09. The number of aryl methyl sites for hydroxylation is 1. The van der Waals surface area contributed by atoms with Crippen molar-refractivity contribution >= 4 is 23.4 Å². The molecule has 0 aliphatic carbocycles. The number of benzene rings is 2. The number of anilines is 1. The molecule has 2 aromatic carbocycles. The van der Waals surface area contributed by atoms with E-state index in [4.69, 9.17) is 0 Å². The third-order valence-electron chi connectivity index (χ3n) is 3.48. The van der Waals surface area contributed by atoms with Crippen molar-refractivity contribution in [3.63, 3.8) is 0 Å². The minimum Gasteiger partial charge on any atom is -0.325 e. The van der Waals surface area contributed by atoms with E-state index in [0.29, 0.717) is 5.16 Å². The molecule has 24 heavy (non-hydrogen) atoms. The van der Waals surface area contributed by atoms with Gasteiger partial charge in [-0.2, -0.15) is 4.68 Å². The van der Waals surface area contributed by atoms with Crippen LogP contribution in [-0.2, 0) is 4.79 Å². The molecule has 0 bridgehead atoms. The summed E-state index contributed by atoms with van der Waals surface area (Å²) in [6.45, 7) is 3.83. The molecule has 1 amide bonds. The van der Waals surface area contributed by atoms with Gasteiger partial charge in [-0.25, -0.2) is 0 Å². The van der Waals surface area contributed by atoms with Gasteiger partial charge in [0.2, 0.25) is 11.1 Å². The summed E-state index contributed by atoms with van der Waals surface area (Å²) in [6.07, 6.45) is 0. The van der Waals surface area contributed by atoms with Crippen molar-refractivity contribution < 1.29 is 4.79 Å². The molecule has 0 aliphatic rings. The van der Waals surface area contributed by atoms with Crippen LogP contribution in [0.1, 0.15) is 12.5 Å². The van der Waals surface area contributed by atoms with Crippen LogP contribution in [0.5, 0.6) is 0 Å². The Bertz CT molecular complexity index is 834. The molecule has 0 fully saturated rings. The lowest BCUT2D eigenvalue weighted by atomic mass is 10.2. The molecular weight excluding hydrogens is 322 g/mol. The number of hydrogen-bond donors (Lipinski definition) is 1. The Morgan fingerprint density at radius 3 is 2.58 bits per heavy atom. The molecule has 0 saturated carbocycles. The lowest BCUT2D eigenvalue weighted by molar-refractivity contribution is -0.115. The van der Waals surface area contributed by atoms with Crippen LogP contribution in [0.4, 0.5) is 5.69 Å². The number of rotatable bonds is 5. The Morgan fingerprint density at radius 2 is 1.83 bits per heavy atom. The van der Waals surface area contributed by atoms with Gasteiger partial charge in [0.05, 0.1) is 10.9 Å². The van der Waals surface area contributed by atoms with Crippen molar-refractivity contribution in [3.8, 4) is 5.69 Å². The summed E-state index contributed by atoms with van der Waals surface area (Å²) in [5.74, 6) is -0.0921. The number of amides is 1. The first-order valence-corrected chi connectivity index (χ1v) is 8.40. The second-order valence-corrected chi connectivity index (χ2v) is 6.58. The molecule has 0 aliphatic heterocycles. The van der Waals surface area contributed by atoms with Gasteiger partial charge < -0.3 is 5.32 Å². The van der Waals surface area contributed by atoms with Gasteiger partial charge in [0, 0.05) is 5.69 Å². The number of para-hydroxylation sites is 2. The lowest BCUT2D eigenvalue weighted by Gasteiger charge is -2.12. The van der Waals surface area contributed by atoms with E-state index >= 15 is 0 Å². The Morgan fingerprint density at radius 1 is 1.12 bits per heavy atom. The summed E-state index contributed by atoms with van der Waals surface area (Å²) in [5, 5.41) is 15.0. The fourth-order valence-corrected chi connectivity index (χ4v) is 2.98. The number of aromatic nitrogens is 4. The van der Waals surface area contributed by atoms with Gasteiger partial charge in [0.25, 0.3) is 0 Å².